The van der Waals surface area contributed by atoms with Gasteiger partial charge >= 0.3 is 12.2 Å². The molecule has 5 fully saturated rings. The molecular formula is C51H58N8O6. The predicted molar refractivity (Wildman–Crippen MR) is 244 cm³/mol. The summed E-state index contributed by atoms with van der Waals surface area (Å²) in [5, 5.41) is 5.54. The smallest absolute Gasteiger partial charge is 0.407 e. The number of ether oxygens (including phenoxy) is 2. The van der Waals surface area contributed by atoms with E-state index in [0.29, 0.717) is 23.7 Å². The molecule has 338 valence electrons. The van der Waals surface area contributed by atoms with Gasteiger partial charge in [-0.15, -0.1) is 0 Å². The number of imidazole rings is 2. The molecule has 0 spiro atoms. The minimum atomic E-state index is -0.676. The first-order valence-corrected chi connectivity index (χ1v) is 23.6. The van der Waals surface area contributed by atoms with Gasteiger partial charge in [0.25, 0.3) is 0 Å². The number of rotatable bonds is 11. The van der Waals surface area contributed by atoms with Crippen LogP contribution >= 0.6 is 0 Å². The van der Waals surface area contributed by atoms with Gasteiger partial charge in [0.15, 0.2) is 0 Å². The highest BCUT2D eigenvalue weighted by Gasteiger charge is 2.57. The van der Waals surface area contributed by atoms with Gasteiger partial charge in [0.2, 0.25) is 11.8 Å². The third-order valence-electron chi connectivity index (χ3n) is 15.6. The lowest BCUT2D eigenvalue weighted by atomic mass is 9.81. The molecule has 11 rings (SSSR count). The van der Waals surface area contributed by atoms with Gasteiger partial charge in [-0.2, -0.15) is 0 Å². The molecule has 2 aromatic heterocycles. The fourth-order valence-corrected chi connectivity index (χ4v) is 12.1. The molecule has 5 aromatic rings. The highest BCUT2D eigenvalue weighted by molar-refractivity contribution is 5.89. The Hall–Kier alpha value is -6.18. The maximum Gasteiger partial charge on any atom is 0.407 e. The number of benzene rings is 3. The van der Waals surface area contributed by atoms with Gasteiger partial charge in [0, 0.05) is 12.1 Å². The van der Waals surface area contributed by atoms with Crippen LogP contribution in [0, 0.1) is 23.7 Å². The first-order valence-electron chi connectivity index (χ1n) is 23.6. The third-order valence-corrected chi connectivity index (χ3v) is 15.6. The average Bonchev–Trinajstić information content (AvgIpc) is 3.75. The third kappa shape index (κ3) is 7.05. The summed E-state index contributed by atoms with van der Waals surface area (Å²) < 4.78 is 9.69. The molecule has 4 amide bonds. The summed E-state index contributed by atoms with van der Waals surface area (Å²) in [6, 6.07) is 18.5. The molecule has 4 N–H and O–H groups in total. The fraction of sp³-hybridized carbons (Fsp3) is 0.490. The normalized spacial score (nSPS) is 26.5. The first kappa shape index (κ1) is 41.5. The van der Waals surface area contributed by atoms with Crippen LogP contribution in [-0.4, -0.2) is 92.1 Å². The molecule has 3 aromatic carbocycles. The van der Waals surface area contributed by atoms with Crippen LogP contribution in [0.4, 0.5) is 9.59 Å². The molecule has 2 saturated heterocycles. The Bertz CT molecular complexity index is 2720. The lowest BCUT2D eigenvalue weighted by Gasteiger charge is -2.31. The van der Waals surface area contributed by atoms with E-state index in [9.17, 15) is 19.2 Å². The molecular weight excluding hydrogens is 821 g/mol. The Morgan fingerprint density at radius 3 is 1.72 bits per heavy atom. The van der Waals surface area contributed by atoms with E-state index in [1.54, 1.807) is 0 Å². The number of aromatic amines is 2. The van der Waals surface area contributed by atoms with E-state index in [2.05, 4.69) is 75.2 Å². The summed E-state index contributed by atoms with van der Waals surface area (Å²) in [4.78, 5) is 73.3. The number of methoxy groups -OCH3 is 2. The van der Waals surface area contributed by atoms with Gasteiger partial charge < -0.3 is 39.9 Å². The number of hydrogen-bond acceptors (Lipinski definition) is 8. The van der Waals surface area contributed by atoms with Crippen molar-refractivity contribution in [2.24, 2.45) is 23.7 Å². The Morgan fingerprint density at radius 2 is 1.17 bits per heavy atom. The summed E-state index contributed by atoms with van der Waals surface area (Å²) in [5.41, 5.74) is 11.7. The molecule has 6 aliphatic rings. The van der Waals surface area contributed by atoms with Crippen LogP contribution in [0.3, 0.4) is 0 Å². The fourth-order valence-electron chi connectivity index (χ4n) is 12.1. The van der Waals surface area contributed by atoms with Crippen LogP contribution in [0.25, 0.3) is 44.5 Å². The van der Waals surface area contributed by atoms with Gasteiger partial charge in [-0.05, 0) is 132 Å². The van der Waals surface area contributed by atoms with Crippen molar-refractivity contribution in [3.8, 4) is 33.5 Å². The van der Waals surface area contributed by atoms with Crippen molar-refractivity contribution >= 4 is 35.0 Å². The Balaban J connectivity index is 0.840. The second-order valence-electron chi connectivity index (χ2n) is 20.1. The van der Waals surface area contributed by atoms with E-state index in [4.69, 9.17) is 19.4 Å². The number of nitrogens with zero attached hydrogens (tertiary/aromatic N) is 4. The van der Waals surface area contributed by atoms with Crippen LogP contribution in [0.5, 0.6) is 0 Å². The van der Waals surface area contributed by atoms with Crippen LogP contribution in [0.1, 0.15) is 119 Å². The summed E-state index contributed by atoms with van der Waals surface area (Å²) in [7, 11) is 2.63. The van der Waals surface area contributed by atoms with E-state index >= 15 is 0 Å². The van der Waals surface area contributed by atoms with Crippen molar-refractivity contribution in [2.45, 2.75) is 121 Å². The largest absolute Gasteiger partial charge is 0.453 e. The highest BCUT2D eigenvalue weighted by Crippen LogP contribution is 2.59. The second kappa shape index (κ2) is 15.8. The zero-order valence-corrected chi connectivity index (χ0v) is 37.9. The quantitative estimate of drug-likeness (QED) is 0.102. The maximum atomic E-state index is 14.0. The van der Waals surface area contributed by atoms with Crippen molar-refractivity contribution in [1.82, 2.24) is 40.4 Å². The number of amides is 4. The lowest BCUT2D eigenvalue weighted by molar-refractivity contribution is -0.137. The summed E-state index contributed by atoms with van der Waals surface area (Å²) in [6.45, 7) is 7.75. The van der Waals surface area contributed by atoms with Crippen LogP contribution in [0.2, 0.25) is 0 Å². The number of alkyl carbamates (subject to hydrolysis) is 2. The maximum absolute atomic E-state index is 14.0. The molecule has 2 aliphatic heterocycles. The number of carbonyl (C=O) groups is 4. The molecule has 3 saturated carbocycles. The van der Waals surface area contributed by atoms with Crippen molar-refractivity contribution in [3.05, 3.63) is 83.6 Å². The Morgan fingerprint density at radius 1 is 0.646 bits per heavy atom. The average molecular weight is 879 g/mol. The molecule has 14 nitrogen and oxygen atoms in total. The molecule has 10 atom stereocenters. The number of piperidine rings is 2. The number of carbonyl (C=O) groups excluding carboxylic acids is 4. The van der Waals surface area contributed by atoms with Gasteiger partial charge in [0.1, 0.15) is 23.7 Å². The van der Waals surface area contributed by atoms with Crippen molar-refractivity contribution in [3.63, 3.8) is 0 Å². The van der Waals surface area contributed by atoms with Gasteiger partial charge in [-0.1, -0.05) is 70.2 Å². The monoisotopic (exact) mass is 878 g/mol. The van der Waals surface area contributed by atoms with E-state index in [-0.39, 0.29) is 47.8 Å². The number of likely N-dealkylation sites (tertiary alicyclic amines) is 2. The first-order chi connectivity index (χ1) is 31.4. The number of nitrogens with one attached hydrogen (secondary N) is 4. The molecule has 4 heterocycles. The van der Waals surface area contributed by atoms with E-state index in [1.165, 1.54) is 61.3 Å². The van der Waals surface area contributed by atoms with E-state index in [0.717, 1.165) is 65.2 Å². The predicted octanol–water partition coefficient (Wildman–Crippen LogP) is 8.74. The van der Waals surface area contributed by atoms with Gasteiger partial charge in [-0.3, -0.25) is 9.59 Å². The summed E-state index contributed by atoms with van der Waals surface area (Å²) in [6.07, 6.45) is 7.93. The highest BCUT2D eigenvalue weighted by atomic mass is 16.5. The molecule has 0 radical (unpaired) electrons. The molecule has 6 unspecified atom stereocenters. The minimum absolute atomic E-state index is 0.0812. The molecule has 65 heavy (non-hydrogen) atoms. The zero-order valence-electron chi connectivity index (χ0n) is 37.9. The number of fused-ring (bicyclic) bond motifs is 8. The minimum Gasteiger partial charge on any atom is -0.453 e. The summed E-state index contributed by atoms with van der Waals surface area (Å²) >= 11 is 0. The van der Waals surface area contributed by atoms with Crippen LogP contribution in [-0.2, 0) is 19.1 Å². The molecule has 14 heteroatoms. The SMILES string of the molecule is COC(=O)N[C@H](C(=O)N1C2CC2C[C@@H]1c1nc2ccc(-c3ccc(-c4ccc(-c5cnc([C@@H]6CC7CC7N6C(=O)[C@@H](NC(=O)OC)C(C)C)[nH]5)cc4)c4c3C3CCC4C3)cc2[nH]1)C(C)C. The number of hydrogen-bond donors (Lipinski definition) is 4. The number of H-pyrrole nitrogens is 2. The summed E-state index contributed by atoms with van der Waals surface area (Å²) in [5.74, 6) is 3.17. The van der Waals surface area contributed by atoms with Gasteiger partial charge in [-0.25, -0.2) is 19.6 Å². The topological polar surface area (TPSA) is 175 Å². The van der Waals surface area contributed by atoms with Crippen LogP contribution in [0.15, 0.2) is 60.8 Å². The van der Waals surface area contributed by atoms with Crippen molar-refractivity contribution in [1.29, 1.82) is 0 Å². The lowest BCUT2D eigenvalue weighted by Crippen LogP contribution is -2.52. The molecule has 4 aliphatic carbocycles. The van der Waals surface area contributed by atoms with Crippen molar-refractivity contribution in [2.75, 3.05) is 14.2 Å². The van der Waals surface area contributed by atoms with Crippen molar-refractivity contribution < 1.29 is 28.7 Å². The van der Waals surface area contributed by atoms with E-state index < -0.39 is 24.3 Å². The van der Waals surface area contributed by atoms with E-state index in [1.807, 2.05) is 43.7 Å². The van der Waals surface area contributed by atoms with Gasteiger partial charge in [0.05, 0.1) is 49.2 Å². The molecule has 2 bridgehead atoms. The van der Waals surface area contributed by atoms with Crippen LogP contribution < -0.4 is 10.6 Å². The number of aromatic nitrogens is 4. The Labute approximate surface area is 378 Å². The second-order valence-corrected chi connectivity index (χ2v) is 20.1. The Kier molecular flexibility index (Phi) is 10.1. The zero-order chi connectivity index (χ0) is 45.0. The standard InChI is InChI=1S/C51H58N8O6/c1-24(2)44(56-50(62)64-5)48(60)58-38-19-31(38)21-40(58)46-52-23-37(55-46)27-9-7-26(8-10-27)33-14-15-34(43-30-12-11-29(17-30)42(33)43)28-13-16-35-36(18-28)54-47(53-35)41-22-32-20-39(32)59(41)49(61)45(25(3)4)57-51(63)65-6/h7-10,13-16,18,23-25,29-32,38-41,44-45H,11-12,17,19-22H2,1-6H3,(H,52,55)(H,53,54)(H,56,62)(H,57,63)/t29?,30?,31?,32?,38?,39?,40-,41+,44-,45-/m0/s1.